The highest BCUT2D eigenvalue weighted by Crippen LogP contribution is 2.24. The van der Waals surface area contributed by atoms with E-state index in [1.165, 1.54) is 0 Å². The number of amides is 1. The highest BCUT2D eigenvalue weighted by atomic mass is 16.2. The van der Waals surface area contributed by atoms with Crippen LogP contribution < -0.4 is 5.32 Å². The summed E-state index contributed by atoms with van der Waals surface area (Å²) in [5, 5.41) is 2.93. The minimum atomic E-state index is -0.123. The van der Waals surface area contributed by atoms with E-state index in [9.17, 15) is 9.59 Å². The van der Waals surface area contributed by atoms with Gasteiger partial charge in [0.15, 0.2) is 5.78 Å². The van der Waals surface area contributed by atoms with Gasteiger partial charge in [0.1, 0.15) is 0 Å². The molecule has 0 saturated carbocycles. The lowest BCUT2D eigenvalue weighted by atomic mass is 9.99. The van der Waals surface area contributed by atoms with E-state index in [2.05, 4.69) is 19.2 Å². The zero-order valence-corrected chi connectivity index (χ0v) is 14.8. The van der Waals surface area contributed by atoms with E-state index in [-0.39, 0.29) is 24.5 Å². The van der Waals surface area contributed by atoms with Crippen LogP contribution in [0.5, 0.6) is 0 Å². The summed E-state index contributed by atoms with van der Waals surface area (Å²) in [5.74, 6) is 0.225. The van der Waals surface area contributed by atoms with Gasteiger partial charge in [0, 0.05) is 24.1 Å². The van der Waals surface area contributed by atoms with Crippen molar-refractivity contribution in [3.8, 4) is 0 Å². The molecule has 0 aliphatic rings. The second-order valence-electron chi connectivity index (χ2n) is 6.53. The minimum absolute atomic E-state index is 0.0171. The quantitative estimate of drug-likeness (QED) is 0.758. The molecule has 0 spiro atoms. The van der Waals surface area contributed by atoms with Crippen LogP contribution in [0.1, 0.15) is 59.7 Å². The molecule has 1 N–H and O–H groups in total. The van der Waals surface area contributed by atoms with Crippen molar-refractivity contribution in [3.05, 3.63) is 64.7 Å². The second-order valence-corrected chi connectivity index (χ2v) is 6.53. The first-order chi connectivity index (χ1) is 11.4. The van der Waals surface area contributed by atoms with Gasteiger partial charge in [-0.15, -0.1) is 0 Å². The third kappa shape index (κ3) is 4.54. The number of Topliss-reactive ketones (excluding diaryl/α,β-unsaturated/α-hetero) is 1. The van der Waals surface area contributed by atoms with Crippen LogP contribution in [0.4, 0.5) is 5.69 Å². The number of para-hydroxylation sites is 1. The van der Waals surface area contributed by atoms with Crippen LogP contribution >= 0.6 is 0 Å². The van der Waals surface area contributed by atoms with Crippen LogP contribution in [0.3, 0.4) is 0 Å². The molecule has 3 nitrogen and oxygen atoms in total. The lowest BCUT2D eigenvalue weighted by molar-refractivity contribution is -0.116. The minimum Gasteiger partial charge on any atom is -0.326 e. The van der Waals surface area contributed by atoms with Gasteiger partial charge in [-0.2, -0.15) is 0 Å². The highest BCUT2D eigenvalue weighted by molar-refractivity contribution is 6.01. The van der Waals surface area contributed by atoms with E-state index in [0.717, 1.165) is 22.4 Å². The number of carbonyl (C=O) groups excluding carboxylic acids is 2. The molecule has 0 unspecified atom stereocenters. The Labute approximate surface area is 144 Å². The van der Waals surface area contributed by atoms with Crippen molar-refractivity contribution < 1.29 is 9.59 Å². The van der Waals surface area contributed by atoms with Gasteiger partial charge in [-0.3, -0.25) is 9.59 Å². The monoisotopic (exact) mass is 323 g/mol. The van der Waals surface area contributed by atoms with Gasteiger partial charge < -0.3 is 5.32 Å². The number of nitrogens with one attached hydrogen (secondary N) is 1. The Balaban J connectivity index is 1.99. The molecule has 0 bridgehead atoms. The fraction of sp³-hybridized carbons (Fsp3) is 0.333. The predicted octanol–water partition coefficient (Wildman–Crippen LogP) is 5.03. The number of benzene rings is 2. The Morgan fingerprint density at radius 1 is 1.00 bits per heavy atom. The van der Waals surface area contributed by atoms with Crippen molar-refractivity contribution in [2.75, 3.05) is 5.32 Å². The molecule has 2 rings (SSSR count). The van der Waals surface area contributed by atoms with E-state index < -0.39 is 0 Å². The molecule has 1 amide bonds. The fourth-order valence-corrected chi connectivity index (χ4v) is 2.72. The summed E-state index contributed by atoms with van der Waals surface area (Å²) in [7, 11) is 0. The Kier molecular flexibility index (Phi) is 5.91. The number of hydrogen-bond donors (Lipinski definition) is 1. The topological polar surface area (TPSA) is 46.2 Å². The van der Waals surface area contributed by atoms with Crippen molar-refractivity contribution in [2.24, 2.45) is 0 Å². The van der Waals surface area contributed by atoms with E-state index in [1.54, 1.807) is 0 Å². The molecule has 0 heterocycles. The SMILES string of the molecule is Cc1ccc(C)c(C(=O)CCC(=O)Nc2ccccc2C(C)C)c1. The lowest BCUT2D eigenvalue weighted by Crippen LogP contribution is -2.15. The Bertz CT molecular complexity index is 747. The summed E-state index contributed by atoms with van der Waals surface area (Å²) in [6.07, 6.45) is 0.415. The molecule has 0 atom stereocenters. The molecule has 0 aliphatic heterocycles. The first-order valence-corrected chi connectivity index (χ1v) is 8.37. The molecule has 0 fully saturated rings. The molecule has 0 radical (unpaired) electrons. The molecule has 3 heteroatoms. The number of rotatable bonds is 6. The van der Waals surface area contributed by atoms with Gasteiger partial charge >= 0.3 is 0 Å². The van der Waals surface area contributed by atoms with Crippen molar-refractivity contribution in [1.82, 2.24) is 0 Å². The summed E-state index contributed by atoms with van der Waals surface area (Å²) in [6.45, 7) is 8.07. The summed E-state index contributed by atoms with van der Waals surface area (Å²) < 4.78 is 0. The molecule has 24 heavy (non-hydrogen) atoms. The zero-order valence-electron chi connectivity index (χ0n) is 14.8. The molecule has 0 aromatic heterocycles. The summed E-state index contributed by atoms with van der Waals surface area (Å²) in [6, 6.07) is 13.6. The molecule has 2 aromatic carbocycles. The van der Waals surface area contributed by atoms with Gasteiger partial charge in [-0.1, -0.05) is 49.7 Å². The van der Waals surface area contributed by atoms with Gasteiger partial charge in [0.2, 0.25) is 5.91 Å². The van der Waals surface area contributed by atoms with Crippen molar-refractivity contribution in [1.29, 1.82) is 0 Å². The maximum atomic E-state index is 12.4. The average Bonchev–Trinajstić information content (AvgIpc) is 2.55. The number of aryl methyl sites for hydroxylation is 2. The van der Waals surface area contributed by atoms with E-state index >= 15 is 0 Å². The summed E-state index contributed by atoms with van der Waals surface area (Å²) in [5.41, 5.74) is 4.66. The molecule has 0 saturated heterocycles. The van der Waals surface area contributed by atoms with Crippen LogP contribution in [-0.2, 0) is 4.79 Å². The molecular formula is C21H25NO2. The van der Waals surface area contributed by atoms with Crippen molar-refractivity contribution >= 4 is 17.4 Å². The third-order valence-corrected chi connectivity index (χ3v) is 4.13. The smallest absolute Gasteiger partial charge is 0.224 e. The lowest BCUT2D eigenvalue weighted by Gasteiger charge is -2.13. The maximum Gasteiger partial charge on any atom is 0.224 e. The zero-order chi connectivity index (χ0) is 17.7. The second kappa shape index (κ2) is 7.91. The van der Waals surface area contributed by atoms with Crippen LogP contribution in [0.15, 0.2) is 42.5 Å². The van der Waals surface area contributed by atoms with Crippen LogP contribution in [-0.4, -0.2) is 11.7 Å². The Morgan fingerprint density at radius 3 is 2.42 bits per heavy atom. The largest absolute Gasteiger partial charge is 0.326 e. The average molecular weight is 323 g/mol. The number of hydrogen-bond acceptors (Lipinski definition) is 2. The van der Waals surface area contributed by atoms with Crippen LogP contribution in [0.25, 0.3) is 0 Å². The van der Waals surface area contributed by atoms with Crippen molar-refractivity contribution in [3.63, 3.8) is 0 Å². The summed E-state index contributed by atoms with van der Waals surface area (Å²) in [4.78, 5) is 24.6. The number of ketones is 1. The van der Waals surface area contributed by atoms with E-state index in [0.29, 0.717) is 11.5 Å². The van der Waals surface area contributed by atoms with Crippen LogP contribution in [0.2, 0.25) is 0 Å². The molecule has 0 aliphatic carbocycles. The standard InChI is InChI=1S/C21H25NO2/c1-14(2)17-7-5-6-8-19(17)22-21(24)12-11-20(23)18-13-15(3)9-10-16(18)4/h5-10,13-14H,11-12H2,1-4H3,(H,22,24). The van der Waals surface area contributed by atoms with Crippen molar-refractivity contribution in [2.45, 2.75) is 46.5 Å². The Hall–Kier alpha value is -2.42. The Morgan fingerprint density at radius 2 is 1.71 bits per heavy atom. The number of anilines is 1. The van der Waals surface area contributed by atoms with Gasteiger partial charge in [-0.05, 0) is 43.0 Å². The first-order valence-electron chi connectivity index (χ1n) is 8.37. The molecule has 126 valence electrons. The van der Waals surface area contributed by atoms with Crippen LogP contribution in [0, 0.1) is 13.8 Å². The normalized spacial score (nSPS) is 10.7. The van der Waals surface area contributed by atoms with Gasteiger partial charge in [0.25, 0.3) is 0 Å². The maximum absolute atomic E-state index is 12.4. The fourth-order valence-electron chi connectivity index (χ4n) is 2.72. The summed E-state index contributed by atoms with van der Waals surface area (Å²) >= 11 is 0. The van der Waals surface area contributed by atoms with E-state index in [1.807, 2.05) is 56.3 Å². The first kappa shape index (κ1) is 17.9. The predicted molar refractivity (Wildman–Crippen MR) is 98.6 cm³/mol. The number of carbonyl (C=O) groups is 2. The third-order valence-electron chi connectivity index (χ3n) is 4.13. The molecule has 2 aromatic rings. The van der Waals surface area contributed by atoms with E-state index in [4.69, 9.17) is 0 Å². The van der Waals surface area contributed by atoms with Gasteiger partial charge in [-0.25, -0.2) is 0 Å². The molecular weight excluding hydrogens is 298 g/mol. The van der Waals surface area contributed by atoms with Gasteiger partial charge in [0.05, 0.1) is 0 Å². The highest BCUT2D eigenvalue weighted by Gasteiger charge is 2.13.